The summed E-state index contributed by atoms with van der Waals surface area (Å²) in [6.07, 6.45) is 5.39. The zero-order valence-electron chi connectivity index (χ0n) is 18.3. The average Bonchev–Trinajstić information content (AvgIpc) is 3.22. The Morgan fingerprint density at radius 2 is 2.06 bits per heavy atom. The Balaban J connectivity index is 0.00000306. The summed E-state index contributed by atoms with van der Waals surface area (Å²) in [6, 6.07) is 13.9. The number of rotatable bonds is 8. The van der Waals surface area contributed by atoms with Crippen molar-refractivity contribution < 1.29 is 13.2 Å². The molecule has 4 rings (SSSR count). The highest BCUT2D eigenvalue weighted by atomic mass is 35.5. The molecule has 0 aliphatic heterocycles. The number of nitrogens with two attached hydrogens (primary N) is 1. The molecule has 2 aromatic carbocycles. The molecule has 0 saturated heterocycles. The van der Waals surface area contributed by atoms with Gasteiger partial charge < -0.3 is 10.5 Å². The summed E-state index contributed by atoms with van der Waals surface area (Å²) in [5.74, 6) is 0.842. The number of aromatic nitrogens is 2. The van der Waals surface area contributed by atoms with Gasteiger partial charge in [-0.05, 0) is 54.2 Å². The molecule has 1 heterocycles. The molecule has 33 heavy (non-hydrogen) atoms. The third-order valence-electron chi connectivity index (χ3n) is 5.83. The SMILES string of the molecule is Cl.Cn1cc(S(=O)(=O)NCCOc2ccc3c(c2)C(Cc2ccccc2Cl)C(N)CC3)cn1. The Bertz CT molecular complexity index is 1200. The van der Waals surface area contributed by atoms with E-state index in [4.69, 9.17) is 22.1 Å². The number of ether oxygens (including phenoxy) is 1. The van der Waals surface area contributed by atoms with E-state index in [9.17, 15) is 8.42 Å². The van der Waals surface area contributed by atoms with Crippen LogP contribution in [0.2, 0.25) is 5.02 Å². The predicted molar refractivity (Wildman–Crippen MR) is 132 cm³/mol. The minimum Gasteiger partial charge on any atom is -0.492 e. The molecule has 3 aromatic rings. The molecule has 10 heteroatoms. The van der Waals surface area contributed by atoms with E-state index in [1.54, 1.807) is 7.05 Å². The van der Waals surface area contributed by atoms with Gasteiger partial charge in [0.1, 0.15) is 17.3 Å². The van der Waals surface area contributed by atoms with Gasteiger partial charge in [-0.25, -0.2) is 13.1 Å². The minimum absolute atomic E-state index is 0. The van der Waals surface area contributed by atoms with Crippen molar-refractivity contribution in [2.45, 2.75) is 36.1 Å². The van der Waals surface area contributed by atoms with Crippen LogP contribution in [0.15, 0.2) is 59.8 Å². The van der Waals surface area contributed by atoms with E-state index in [2.05, 4.69) is 15.9 Å². The molecule has 0 saturated carbocycles. The van der Waals surface area contributed by atoms with Gasteiger partial charge in [-0.1, -0.05) is 35.9 Å². The summed E-state index contributed by atoms with van der Waals surface area (Å²) in [5, 5.41) is 4.65. The van der Waals surface area contributed by atoms with Crippen molar-refractivity contribution in [1.82, 2.24) is 14.5 Å². The van der Waals surface area contributed by atoms with Gasteiger partial charge in [0.25, 0.3) is 0 Å². The van der Waals surface area contributed by atoms with Gasteiger partial charge in [0.15, 0.2) is 0 Å². The normalized spacial score (nSPS) is 17.8. The lowest BCUT2D eigenvalue weighted by atomic mass is 9.76. The number of sulfonamides is 1. The van der Waals surface area contributed by atoms with Gasteiger partial charge in [-0.2, -0.15) is 5.10 Å². The van der Waals surface area contributed by atoms with Crippen LogP contribution in [0.1, 0.15) is 29.0 Å². The van der Waals surface area contributed by atoms with E-state index >= 15 is 0 Å². The molecule has 7 nitrogen and oxygen atoms in total. The van der Waals surface area contributed by atoms with E-state index in [-0.39, 0.29) is 42.4 Å². The van der Waals surface area contributed by atoms with Gasteiger partial charge in [0.05, 0.1) is 6.20 Å². The Morgan fingerprint density at radius 1 is 1.27 bits per heavy atom. The fourth-order valence-corrected chi connectivity index (χ4v) is 5.33. The van der Waals surface area contributed by atoms with Gasteiger partial charge in [-0.15, -0.1) is 12.4 Å². The zero-order chi connectivity index (χ0) is 22.7. The summed E-state index contributed by atoms with van der Waals surface area (Å²) >= 11 is 6.39. The van der Waals surface area contributed by atoms with Crippen LogP contribution in [0.4, 0.5) is 0 Å². The van der Waals surface area contributed by atoms with E-state index in [0.29, 0.717) is 5.75 Å². The first-order valence-electron chi connectivity index (χ1n) is 10.6. The minimum atomic E-state index is -3.61. The number of hydrogen-bond donors (Lipinski definition) is 2. The number of fused-ring (bicyclic) bond motifs is 1. The predicted octanol–water partition coefficient (Wildman–Crippen LogP) is 3.45. The Labute approximate surface area is 205 Å². The number of benzene rings is 2. The molecule has 2 unspecified atom stereocenters. The van der Waals surface area contributed by atoms with Gasteiger partial charge >= 0.3 is 0 Å². The van der Waals surface area contributed by atoms with Gasteiger partial charge in [0, 0.05) is 36.8 Å². The number of nitrogens with one attached hydrogen (secondary N) is 1. The van der Waals surface area contributed by atoms with Crippen molar-refractivity contribution in [2.24, 2.45) is 12.8 Å². The number of nitrogens with zero attached hydrogens (tertiary/aromatic N) is 2. The second kappa shape index (κ2) is 10.9. The van der Waals surface area contributed by atoms with Crippen LogP contribution in [0.25, 0.3) is 0 Å². The fourth-order valence-electron chi connectivity index (χ4n) is 4.12. The molecule has 1 aliphatic carbocycles. The van der Waals surface area contributed by atoms with E-state index in [1.807, 2.05) is 36.4 Å². The summed E-state index contributed by atoms with van der Waals surface area (Å²) in [5.41, 5.74) is 10.0. The standard InChI is InChI=1S/C23H27ClN4O3S.ClH/c1-28-15-19(14-26-28)32(29,30)27-10-11-31-18-8-6-16-7-9-23(25)21(20(16)13-18)12-17-4-2-3-5-22(17)24;/h2-6,8,13-15,21,23,27H,7,9-12,25H2,1H3;1H. The maximum Gasteiger partial charge on any atom is 0.243 e. The molecule has 0 spiro atoms. The van der Waals surface area contributed by atoms with Crippen LogP contribution in [0.5, 0.6) is 5.75 Å². The summed E-state index contributed by atoms with van der Waals surface area (Å²) in [7, 11) is -1.94. The molecular weight excluding hydrogens is 483 g/mol. The maximum absolute atomic E-state index is 12.3. The van der Waals surface area contributed by atoms with Crippen molar-refractivity contribution >= 4 is 34.0 Å². The summed E-state index contributed by atoms with van der Waals surface area (Å²) in [6.45, 7) is 0.358. The van der Waals surface area contributed by atoms with Crippen LogP contribution in [-0.4, -0.2) is 37.4 Å². The number of halogens is 2. The van der Waals surface area contributed by atoms with Crippen molar-refractivity contribution in [3.05, 3.63) is 76.6 Å². The maximum atomic E-state index is 12.3. The van der Waals surface area contributed by atoms with Crippen molar-refractivity contribution in [2.75, 3.05) is 13.2 Å². The summed E-state index contributed by atoms with van der Waals surface area (Å²) < 4.78 is 34.4. The van der Waals surface area contributed by atoms with Crippen LogP contribution in [0, 0.1) is 0 Å². The highest BCUT2D eigenvalue weighted by Gasteiger charge is 2.28. The third-order valence-corrected chi connectivity index (χ3v) is 7.62. The van der Waals surface area contributed by atoms with Crippen LogP contribution in [0.3, 0.4) is 0 Å². The lowest BCUT2D eigenvalue weighted by Gasteiger charge is -2.32. The van der Waals surface area contributed by atoms with Crippen molar-refractivity contribution in [3.8, 4) is 5.75 Å². The van der Waals surface area contributed by atoms with E-state index < -0.39 is 10.0 Å². The average molecular weight is 511 g/mol. The summed E-state index contributed by atoms with van der Waals surface area (Å²) in [4.78, 5) is 0.130. The highest BCUT2D eigenvalue weighted by molar-refractivity contribution is 7.89. The second-order valence-electron chi connectivity index (χ2n) is 8.06. The first-order chi connectivity index (χ1) is 15.3. The Morgan fingerprint density at radius 3 is 2.79 bits per heavy atom. The molecule has 1 aliphatic rings. The van der Waals surface area contributed by atoms with Crippen LogP contribution >= 0.6 is 24.0 Å². The fraction of sp³-hybridized carbons (Fsp3) is 0.348. The topological polar surface area (TPSA) is 99.2 Å². The number of aryl methyl sites for hydroxylation is 2. The zero-order valence-corrected chi connectivity index (χ0v) is 20.7. The lowest BCUT2D eigenvalue weighted by molar-refractivity contribution is 0.321. The quantitative estimate of drug-likeness (QED) is 0.452. The lowest BCUT2D eigenvalue weighted by Crippen LogP contribution is -2.34. The molecule has 0 radical (unpaired) electrons. The molecule has 1 aromatic heterocycles. The second-order valence-corrected chi connectivity index (χ2v) is 10.2. The van der Waals surface area contributed by atoms with Crippen molar-refractivity contribution in [3.63, 3.8) is 0 Å². The Hall–Kier alpha value is -2.10. The Kier molecular flexibility index (Phi) is 8.42. The van der Waals surface area contributed by atoms with Crippen LogP contribution < -0.4 is 15.2 Å². The third kappa shape index (κ3) is 6.07. The van der Waals surface area contributed by atoms with E-state index in [0.717, 1.165) is 29.8 Å². The first kappa shape index (κ1) is 25.5. The monoisotopic (exact) mass is 510 g/mol. The molecule has 3 N–H and O–H groups in total. The molecule has 0 fully saturated rings. The van der Waals surface area contributed by atoms with E-state index in [1.165, 1.54) is 28.2 Å². The van der Waals surface area contributed by atoms with Gasteiger partial charge in [-0.3, -0.25) is 4.68 Å². The molecule has 0 bridgehead atoms. The van der Waals surface area contributed by atoms with Crippen LogP contribution in [-0.2, 0) is 29.9 Å². The van der Waals surface area contributed by atoms with Gasteiger partial charge in [0.2, 0.25) is 10.0 Å². The molecule has 178 valence electrons. The largest absolute Gasteiger partial charge is 0.492 e. The number of hydrogen-bond acceptors (Lipinski definition) is 5. The molecular formula is C23H28Cl2N4O3S. The van der Waals surface area contributed by atoms with Crippen molar-refractivity contribution in [1.29, 1.82) is 0 Å². The molecule has 0 amide bonds. The highest BCUT2D eigenvalue weighted by Crippen LogP contribution is 2.36. The smallest absolute Gasteiger partial charge is 0.243 e. The molecule has 2 atom stereocenters. The first-order valence-corrected chi connectivity index (χ1v) is 12.4.